The van der Waals surface area contributed by atoms with E-state index in [1.807, 2.05) is 13.8 Å². The van der Waals surface area contributed by atoms with Crippen molar-refractivity contribution in [2.24, 2.45) is 0 Å². The van der Waals surface area contributed by atoms with Crippen LogP contribution in [0.25, 0.3) is 0 Å². The van der Waals surface area contributed by atoms with Crippen LogP contribution in [-0.2, 0) is 4.79 Å². The Hall–Kier alpha value is -1.42. The predicted octanol–water partition coefficient (Wildman–Crippen LogP) is 2.00. The lowest BCUT2D eigenvalue weighted by Gasteiger charge is -2.14. The van der Waals surface area contributed by atoms with Crippen molar-refractivity contribution < 1.29 is 9.18 Å². The lowest BCUT2D eigenvalue weighted by molar-refractivity contribution is -0.120. The summed E-state index contributed by atoms with van der Waals surface area (Å²) in [5.74, 6) is -0.313. The fraction of sp³-hybridized carbons (Fsp3) is 0.462. The molecule has 0 saturated heterocycles. The van der Waals surface area contributed by atoms with Crippen molar-refractivity contribution in [2.45, 2.75) is 26.3 Å². The van der Waals surface area contributed by atoms with Crippen molar-refractivity contribution >= 4 is 5.91 Å². The van der Waals surface area contributed by atoms with Crippen LogP contribution in [0.4, 0.5) is 4.39 Å². The number of amides is 1. The van der Waals surface area contributed by atoms with Crippen molar-refractivity contribution in [3.63, 3.8) is 0 Å². The SMILES string of the molecule is CCCNCC(=O)NC(C)c1ccc(F)cc1. The molecule has 2 N–H and O–H groups in total. The summed E-state index contributed by atoms with van der Waals surface area (Å²) < 4.78 is 12.7. The Morgan fingerprint density at radius 3 is 2.59 bits per heavy atom. The number of carbonyl (C=O) groups excluding carboxylic acids is 1. The normalized spacial score (nSPS) is 12.2. The van der Waals surface area contributed by atoms with E-state index < -0.39 is 0 Å². The van der Waals surface area contributed by atoms with Crippen LogP contribution < -0.4 is 10.6 Å². The molecule has 0 radical (unpaired) electrons. The molecule has 0 bridgehead atoms. The van der Waals surface area contributed by atoms with Crippen LogP contribution in [0.3, 0.4) is 0 Å². The minimum Gasteiger partial charge on any atom is -0.348 e. The van der Waals surface area contributed by atoms with Crippen molar-refractivity contribution in [2.75, 3.05) is 13.1 Å². The molecule has 4 heteroatoms. The first-order chi connectivity index (χ1) is 8.13. The van der Waals surface area contributed by atoms with E-state index in [4.69, 9.17) is 0 Å². The molecule has 17 heavy (non-hydrogen) atoms. The van der Waals surface area contributed by atoms with Gasteiger partial charge in [-0.15, -0.1) is 0 Å². The molecule has 1 aromatic rings. The van der Waals surface area contributed by atoms with Crippen LogP contribution >= 0.6 is 0 Å². The van der Waals surface area contributed by atoms with Gasteiger partial charge in [0, 0.05) is 0 Å². The van der Waals surface area contributed by atoms with Gasteiger partial charge in [0.1, 0.15) is 5.82 Å². The zero-order valence-corrected chi connectivity index (χ0v) is 10.3. The number of hydrogen-bond donors (Lipinski definition) is 2. The first-order valence-corrected chi connectivity index (χ1v) is 5.89. The molecule has 1 aromatic carbocycles. The summed E-state index contributed by atoms with van der Waals surface area (Å²) in [7, 11) is 0. The molecule has 1 atom stereocenters. The highest BCUT2D eigenvalue weighted by molar-refractivity contribution is 5.78. The van der Waals surface area contributed by atoms with Crippen LogP contribution in [0.5, 0.6) is 0 Å². The molecular formula is C13H19FN2O. The van der Waals surface area contributed by atoms with Crippen LogP contribution in [0.1, 0.15) is 31.9 Å². The van der Waals surface area contributed by atoms with Gasteiger partial charge in [0.15, 0.2) is 0 Å². The largest absolute Gasteiger partial charge is 0.348 e. The highest BCUT2D eigenvalue weighted by Gasteiger charge is 2.08. The Morgan fingerprint density at radius 1 is 1.35 bits per heavy atom. The first kappa shape index (κ1) is 13.6. The summed E-state index contributed by atoms with van der Waals surface area (Å²) in [5, 5.41) is 5.88. The summed E-state index contributed by atoms with van der Waals surface area (Å²) in [6, 6.07) is 6.05. The van der Waals surface area contributed by atoms with Crippen LogP contribution in [0, 0.1) is 5.82 Å². The quantitative estimate of drug-likeness (QED) is 0.744. The maximum atomic E-state index is 12.7. The Labute approximate surface area is 101 Å². The monoisotopic (exact) mass is 238 g/mol. The van der Waals surface area contributed by atoms with Gasteiger partial charge >= 0.3 is 0 Å². The Kier molecular flexibility index (Phi) is 5.63. The zero-order chi connectivity index (χ0) is 12.7. The highest BCUT2D eigenvalue weighted by Crippen LogP contribution is 2.12. The molecule has 0 spiro atoms. The average Bonchev–Trinajstić information content (AvgIpc) is 2.30. The topological polar surface area (TPSA) is 41.1 Å². The van der Waals surface area contributed by atoms with E-state index >= 15 is 0 Å². The smallest absolute Gasteiger partial charge is 0.234 e. The minimum absolute atomic E-state index is 0.0460. The van der Waals surface area contributed by atoms with Gasteiger partial charge in [-0.3, -0.25) is 4.79 Å². The van der Waals surface area contributed by atoms with E-state index in [-0.39, 0.29) is 17.8 Å². The second-order valence-corrected chi connectivity index (χ2v) is 4.02. The molecule has 0 fully saturated rings. The lowest BCUT2D eigenvalue weighted by atomic mass is 10.1. The summed E-state index contributed by atoms with van der Waals surface area (Å²) in [4.78, 5) is 11.5. The van der Waals surface area contributed by atoms with Crippen LogP contribution in [0.2, 0.25) is 0 Å². The van der Waals surface area contributed by atoms with E-state index in [1.165, 1.54) is 12.1 Å². The van der Waals surface area contributed by atoms with Gasteiger partial charge in [0.25, 0.3) is 0 Å². The van der Waals surface area contributed by atoms with Gasteiger partial charge in [-0.1, -0.05) is 19.1 Å². The molecular weight excluding hydrogens is 219 g/mol. The highest BCUT2D eigenvalue weighted by atomic mass is 19.1. The second kappa shape index (κ2) is 7.01. The maximum Gasteiger partial charge on any atom is 0.234 e. The number of rotatable bonds is 6. The van der Waals surface area contributed by atoms with Gasteiger partial charge in [-0.2, -0.15) is 0 Å². The molecule has 1 unspecified atom stereocenters. The maximum absolute atomic E-state index is 12.7. The molecule has 0 aliphatic carbocycles. The summed E-state index contributed by atoms with van der Waals surface area (Å²) in [6.07, 6.45) is 1.00. The number of benzene rings is 1. The third-order valence-corrected chi connectivity index (χ3v) is 2.46. The number of hydrogen-bond acceptors (Lipinski definition) is 2. The van der Waals surface area contributed by atoms with Gasteiger partial charge in [0.2, 0.25) is 5.91 Å². The van der Waals surface area contributed by atoms with E-state index in [2.05, 4.69) is 10.6 Å². The third kappa shape index (κ3) is 4.95. The van der Waals surface area contributed by atoms with Crippen molar-refractivity contribution in [3.05, 3.63) is 35.6 Å². The molecule has 1 rings (SSSR count). The summed E-state index contributed by atoms with van der Waals surface area (Å²) >= 11 is 0. The van der Waals surface area contributed by atoms with Crippen molar-refractivity contribution in [3.8, 4) is 0 Å². The molecule has 94 valence electrons. The van der Waals surface area contributed by atoms with Gasteiger partial charge in [-0.05, 0) is 37.6 Å². The fourth-order valence-electron chi connectivity index (χ4n) is 1.51. The Morgan fingerprint density at radius 2 is 2.00 bits per heavy atom. The fourth-order valence-corrected chi connectivity index (χ4v) is 1.51. The minimum atomic E-state index is -0.267. The number of nitrogens with one attached hydrogen (secondary N) is 2. The first-order valence-electron chi connectivity index (χ1n) is 5.89. The molecule has 0 heterocycles. The van der Waals surface area contributed by atoms with Crippen molar-refractivity contribution in [1.82, 2.24) is 10.6 Å². The predicted molar refractivity (Wildman–Crippen MR) is 66.1 cm³/mol. The van der Waals surface area contributed by atoms with Crippen LogP contribution in [0.15, 0.2) is 24.3 Å². The lowest BCUT2D eigenvalue weighted by Crippen LogP contribution is -2.35. The zero-order valence-electron chi connectivity index (χ0n) is 10.3. The van der Waals surface area contributed by atoms with E-state index in [0.29, 0.717) is 6.54 Å². The Balaban J connectivity index is 2.40. The number of halogens is 1. The van der Waals surface area contributed by atoms with Gasteiger partial charge in [-0.25, -0.2) is 4.39 Å². The average molecular weight is 238 g/mol. The molecule has 3 nitrogen and oxygen atoms in total. The summed E-state index contributed by atoms with van der Waals surface area (Å²) in [5.41, 5.74) is 0.898. The van der Waals surface area contributed by atoms with E-state index in [0.717, 1.165) is 18.5 Å². The third-order valence-electron chi connectivity index (χ3n) is 2.46. The van der Waals surface area contributed by atoms with E-state index in [1.54, 1.807) is 12.1 Å². The van der Waals surface area contributed by atoms with Crippen molar-refractivity contribution in [1.29, 1.82) is 0 Å². The number of carbonyl (C=O) groups is 1. The molecule has 0 aliphatic heterocycles. The standard InChI is InChI=1S/C13H19FN2O/c1-3-8-15-9-13(17)16-10(2)11-4-6-12(14)7-5-11/h4-7,10,15H,3,8-9H2,1-2H3,(H,16,17). The molecule has 0 saturated carbocycles. The second-order valence-electron chi connectivity index (χ2n) is 4.02. The van der Waals surface area contributed by atoms with Crippen LogP contribution in [-0.4, -0.2) is 19.0 Å². The molecule has 0 aliphatic rings. The van der Waals surface area contributed by atoms with Gasteiger partial charge < -0.3 is 10.6 Å². The molecule has 0 aromatic heterocycles. The van der Waals surface area contributed by atoms with E-state index in [9.17, 15) is 9.18 Å². The Bertz CT molecular complexity index is 351. The van der Waals surface area contributed by atoms with Gasteiger partial charge in [0.05, 0.1) is 12.6 Å². The molecule has 1 amide bonds. The summed E-state index contributed by atoms with van der Waals surface area (Å²) in [6.45, 7) is 5.08.